The summed E-state index contributed by atoms with van der Waals surface area (Å²) in [5, 5.41) is 2.12. The summed E-state index contributed by atoms with van der Waals surface area (Å²) in [4.78, 5) is 22.5. The average molecular weight is 320 g/mol. The van der Waals surface area contributed by atoms with Gasteiger partial charge < -0.3 is 10.1 Å². The highest BCUT2D eigenvalue weighted by atomic mass is 35.5. The van der Waals surface area contributed by atoms with Gasteiger partial charge in [0.15, 0.2) is 0 Å². The average Bonchev–Trinajstić information content (AvgIpc) is 2.45. The van der Waals surface area contributed by atoms with Crippen molar-refractivity contribution in [2.45, 2.75) is 25.7 Å². The molecule has 1 aromatic rings. The number of ether oxygens (including phenoxy) is 1. The standard InChI is InChI=1S/C14H16ClF2NO3/c1-21-13(19)5-3-2-4-6-18-14(20)9-7-12(17)10(15)8-11(9)16/h7-8H,2-6H2,1H3,(H,18,20). The summed E-state index contributed by atoms with van der Waals surface area (Å²) < 4.78 is 31.2. The van der Waals surface area contributed by atoms with Crippen molar-refractivity contribution >= 4 is 23.5 Å². The van der Waals surface area contributed by atoms with Gasteiger partial charge in [-0.25, -0.2) is 8.78 Å². The smallest absolute Gasteiger partial charge is 0.305 e. The van der Waals surface area contributed by atoms with E-state index in [0.717, 1.165) is 12.1 Å². The third-order valence-corrected chi connectivity index (χ3v) is 3.12. The number of carbonyl (C=O) groups is 2. The molecule has 0 fully saturated rings. The number of hydrogen-bond donors (Lipinski definition) is 1. The number of nitrogens with one attached hydrogen (secondary N) is 1. The predicted molar refractivity (Wildman–Crippen MR) is 74.2 cm³/mol. The van der Waals surface area contributed by atoms with Crippen molar-refractivity contribution in [3.8, 4) is 0 Å². The lowest BCUT2D eigenvalue weighted by Crippen LogP contribution is -2.25. The van der Waals surface area contributed by atoms with E-state index in [1.807, 2.05) is 0 Å². The third-order valence-electron chi connectivity index (χ3n) is 2.83. The Labute approximate surface area is 126 Å². The minimum atomic E-state index is -0.871. The molecule has 0 aliphatic heterocycles. The van der Waals surface area contributed by atoms with Crippen molar-refractivity contribution in [2.75, 3.05) is 13.7 Å². The molecule has 0 aliphatic carbocycles. The number of hydrogen-bond acceptors (Lipinski definition) is 3. The Hall–Kier alpha value is -1.69. The van der Waals surface area contributed by atoms with Crippen LogP contribution in [0.2, 0.25) is 5.02 Å². The van der Waals surface area contributed by atoms with Gasteiger partial charge in [-0.1, -0.05) is 18.0 Å². The van der Waals surface area contributed by atoms with Gasteiger partial charge in [0.25, 0.3) is 5.91 Å². The predicted octanol–water partition coefficient (Wildman–Crippen LogP) is 3.08. The topological polar surface area (TPSA) is 55.4 Å². The first-order valence-corrected chi connectivity index (χ1v) is 6.83. The molecule has 0 heterocycles. The maximum absolute atomic E-state index is 13.5. The minimum Gasteiger partial charge on any atom is -0.469 e. The Balaban J connectivity index is 2.35. The van der Waals surface area contributed by atoms with Gasteiger partial charge in [0, 0.05) is 13.0 Å². The summed E-state index contributed by atoms with van der Waals surface area (Å²) in [7, 11) is 1.32. The number of methoxy groups -OCH3 is 1. The quantitative estimate of drug-likeness (QED) is 0.477. The molecule has 0 aromatic heterocycles. The maximum Gasteiger partial charge on any atom is 0.305 e. The van der Waals surface area contributed by atoms with E-state index in [2.05, 4.69) is 10.1 Å². The fraction of sp³-hybridized carbons (Fsp3) is 0.429. The maximum atomic E-state index is 13.5. The molecule has 0 saturated carbocycles. The zero-order chi connectivity index (χ0) is 15.8. The molecule has 7 heteroatoms. The Morgan fingerprint density at radius 1 is 1.19 bits per heavy atom. The Morgan fingerprint density at radius 2 is 1.90 bits per heavy atom. The number of amides is 1. The first-order chi connectivity index (χ1) is 9.95. The van der Waals surface area contributed by atoms with Crippen LogP contribution in [0.15, 0.2) is 12.1 Å². The Bertz CT molecular complexity index is 523. The van der Waals surface area contributed by atoms with Gasteiger partial charge in [-0.2, -0.15) is 0 Å². The molecule has 1 aromatic carbocycles. The molecule has 0 spiro atoms. The highest BCUT2D eigenvalue weighted by Crippen LogP contribution is 2.19. The fourth-order valence-corrected chi connectivity index (χ4v) is 1.82. The summed E-state index contributed by atoms with van der Waals surface area (Å²) in [6, 6.07) is 1.53. The highest BCUT2D eigenvalue weighted by molar-refractivity contribution is 6.30. The molecule has 1 N–H and O–H groups in total. The molecule has 0 aliphatic rings. The highest BCUT2D eigenvalue weighted by Gasteiger charge is 2.14. The molecule has 0 bridgehead atoms. The molecule has 4 nitrogen and oxygen atoms in total. The van der Waals surface area contributed by atoms with E-state index in [4.69, 9.17) is 11.6 Å². The first kappa shape index (κ1) is 17.4. The van der Waals surface area contributed by atoms with Crippen LogP contribution in [-0.4, -0.2) is 25.5 Å². The summed E-state index contributed by atoms with van der Waals surface area (Å²) in [6.45, 7) is 0.309. The molecule has 1 amide bonds. The third kappa shape index (κ3) is 5.67. The van der Waals surface area contributed by atoms with Crippen LogP contribution in [0.4, 0.5) is 8.78 Å². The van der Waals surface area contributed by atoms with E-state index in [-0.39, 0.29) is 16.6 Å². The Kier molecular flexibility index (Phi) is 7.08. The molecule has 0 atom stereocenters. The molecule has 1 rings (SSSR count). The lowest BCUT2D eigenvalue weighted by molar-refractivity contribution is -0.140. The second kappa shape index (κ2) is 8.56. The van der Waals surface area contributed by atoms with Gasteiger partial charge >= 0.3 is 5.97 Å². The van der Waals surface area contributed by atoms with Crippen LogP contribution in [-0.2, 0) is 9.53 Å². The second-order valence-electron chi connectivity index (χ2n) is 4.39. The second-order valence-corrected chi connectivity index (χ2v) is 4.80. The zero-order valence-electron chi connectivity index (χ0n) is 11.5. The largest absolute Gasteiger partial charge is 0.469 e. The molecular formula is C14H16ClF2NO3. The number of rotatable bonds is 7. The van der Waals surface area contributed by atoms with Gasteiger partial charge in [0.2, 0.25) is 0 Å². The van der Waals surface area contributed by atoms with Crippen molar-refractivity contribution in [2.24, 2.45) is 0 Å². The van der Waals surface area contributed by atoms with E-state index in [9.17, 15) is 18.4 Å². The van der Waals surface area contributed by atoms with Gasteiger partial charge in [0.05, 0.1) is 17.7 Å². The van der Waals surface area contributed by atoms with Crippen LogP contribution >= 0.6 is 11.6 Å². The van der Waals surface area contributed by atoms with Crippen LogP contribution in [0.5, 0.6) is 0 Å². The van der Waals surface area contributed by atoms with Gasteiger partial charge in [0.1, 0.15) is 11.6 Å². The van der Waals surface area contributed by atoms with Crippen molar-refractivity contribution in [1.29, 1.82) is 0 Å². The number of benzene rings is 1. The van der Waals surface area contributed by atoms with Gasteiger partial charge in [-0.15, -0.1) is 0 Å². The Morgan fingerprint density at radius 3 is 2.57 bits per heavy atom. The monoisotopic (exact) mass is 319 g/mol. The number of unbranched alkanes of at least 4 members (excludes halogenated alkanes) is 2. The molecule has 0 radical (unpaired) electrons. The van der Waals surface area contributed by atoms with E-state index in [1.54, 1.807) is 0 Å². The zero-order valence-corrected chi connectivity index (χ0v) is 12.3. The summed E-state index contributed by atoms with van der Waals surface area (Å²) >= 11 is 5.41. The summed E-state index contributed by atoms with van der Waals surface area (Å²) in [5.74, 6) is -2.69. The van der Waals surface area contributed by atoms with Gasteiger partial charge in [-0.05, 0) is 25.0 Å². The molecular weight excluding hydrogens is 304 g/mol. The van der Waals surface area contributed by atoms with Crippen LogP contribution in [0.25, 0.3) is 0 Å². The van der Waals surface area contributed by atoms with E-state index in [1.165, 1.54) is 7.11 Å². The number of halogens is 3. The van der Waals surface area contributed by atoms with E-state index >= 15 is 0 Å². The number of esters is 1. The van der Waals surface area contributed by atoms with Crippen molar-refractivity contribution < 1.29 is 23.1 Å². The SMILES string of the molecule is COC(=O)CCCCCNC(=O)c1cc(F)c(Cl)cc1F. The van der Waals surface area contributed by atoms with Crippen LogP contribution < -0.4 is 5.32 Å². The number of carbonyl (C=O) groups excluding carboxylic acids is 2. The van der Waals surface area contributed by atoms with E-state index in [0.29, 0.717) is 32.2 Å². The lowest BCUT2D eigenvalue weighted by atomic mass is 10.1. The van der Waals surface area contributed by atoms with Crippen LogP contribution in [0, 0.1) is 11.6 Å². The normalized spacial score (nSPS) is 10.3. The molecule has 0 unspecified atom stereocenters. The van der Waals surface area contributed by atoms with Crippen molar-refractivity contribution in [3.05, 3.63) is 34.4 Å². The fourth-order valence-electron chi connectivity index (χ4n) is 1.67. The first-order valence-electron chi connectivity index (χ1n) is 6.45. The summed E-state index contributed by atoms with van der Waals surface area (Å²) in [6.07, 6.45) is 2.31. The van der Waals surface area contributed by atoms with Crippen molar-refractivity contribution in [1.82, 2.24) is 5.32 Å². The molecule has 0 saturated heterocycles. The minimum absolute atomic E-state index is 0.280. The molecule has 116 valence electrons. The summed E-state index contributed by atoms with van der Waals surface area (Å²) in [5.41, 5.74) is -0.383. The van der Waals surface area contributed by atoms with Crippen LogP contribution in [0.3, 0.4) is 0 Å². The van der Waals surface area contributed by atoms with Gasteiger partial charge in [-0.3, -0.25) is 9.59 Å². The van der Waals surface area contributed by atoms with Crippen LogP contribution in [0.1, 0.15) is 36.0 Å². The molecule has 21 heavy (non-hydrogen) atoms. The lowest BCUT2D eigenvalue weighted by Gasteiger charge is -2.07. The van der Waals surface area contributed by atoms with E-state index < -0.39 is 17.5 Å². The van der Waals surface area contributed by atoms with Crippen molar-refractivity contribution in [3.63, 3.8) is 0 Å².